The van der Waals surface area contributed by atoms with Crippen LogP contribution in [0.25, 0.3) is 0 Å². The fourth-order valence-corrected chi connectivity index (χ4v) is 3.18. The molecule has 0 saturated heterocycles. The average molecular weight is 417 g/mol. The van der Waals surface area contributed by atoms with E-state index in [9.17, 15) is 27.5 Å². The van der Waals surface area contributed by atoms with Gasteiger partial charge in [0.05, 0.1) is 24.1 Å². The van der Waals surface area contributed by atoms with Gasteiger partial charge in [-0.05, 0) is 63.3 Å². The SMILES string of the molecule is CC1CCC(C(F)(F)F)CC1N=C(NC(=O)c1ccc(F)cc1)NC(C)(C)CO. The van der Waals surface area contributed by atoms with Gasteiger partial charge >= 0.3 is 6.18 Å². The van der Waals surface area contributed by atoms with Crippen LogP contribution in [0.5, 0.6) is 0 Å². The number of benzene rings is 1. The first-order valence-corrected chi connectivity index (χ1v) is 9.52. The molecule has 9 heteroatoms. The minimum Gasteiger partial charge on any atom is -0.394 e. The number of hydrogen-bond donors (Lipinski definition) is 3. The summed E-state index contributed by atoms with van der Waals surface area (Å²) in [6.07, 6.45) is -4.02. The van der Waals surface area contributed by atoms with Crippen molar-refractivity contribution < 1.29 is 27.5 Å². The predicted octanol–water partition coefficient (Wildman–Crippen LogP) is 3.64. The summed E-state index contributed by atoms with van der Waals surface area (Å²) in [5.41, 5.74) is -0.691. The molecule has 2 rings (SSSR count). The van der Waals surface area contributed by atoms with Crippen LogP contribution < -0.4 is 10.6 Å². The van der Waals surface area contributed by atoms with Gasteiger partial charge in [0.2, 0.25) is 0 Å². The molecule has 1 fully saturated rings. The van der Waals surface area contributed by atoms with Crippen LogP contribution in [0, 0.1) is 17.7 Å². The van der Waals surface area contributed by atoms with Gasteiger partial charge in [-0.15, -0.1) is 0 Å². The third kappa shape index (κ3) is 6.69. The maximum Gasteiger partial charge on any atom is 0.391 e. The molecule has 5 nitrogen and oxygen atoms in total. The summed E-state index contributed by atoms with van der Waals surface area (Å²) in [6, 6.07) is 4.22. The first-order chi connectivity index (χ1) is 13.4. The van der Waals surface area contributed by atoms with Crippen LogP contribution in [0.15, 0.2) is 29.3 Å². The molecule has 1 aliphatic carbocycles. The Hall–Kier alpha value is -2.16. The van der Waals surface area contributed by atoms with E-state index < -0.39 is 35.4 Å². The van der Waals surface area contributed by atoms with Crippen molar-refractivity contribution in [1.82, 2.24) is 10.6 Å². The van der Waals surface area contributed by atoms with Gasteiger partial charge in [-0.3, -0.25) is 10.1 Å². The molecule has 0 spiro atoms. The Kier molecular flexibility index (Phi) is 7.26. The molecular formula is C20H27F4N3O2. The van der Waals surface area contributed by atoms with Crippen molar-refractivity contribution in [3.63, 3.8) is 0 Å². The topological polar surface area (TPSA) is 73.7 Å². The highest BCUT2D eigenvalue weighted by Gasteiger charge is 2.44. The molecule has 0 heterocycles. The molecule has 0 radical (unpaired) electrons. The zero-order chi connectivity index (χ0) is 21.8. The van der Waals surface area contributed by atoms with E-state index in [0.29, 0.717) is 6.42 Å². The zero-order valence-electron chi connectivity index (χ0n) is 16.7. The summed E-state index contributed by atoms with van der Waals surface area (Å²) < 4.78 is 52.6. The summed E-state index contributed by atoms with van der Waals surface area (Å²) in [5.74, 6) is -2.62. The molecule has 0 bridgehead atoms. The number of aliphatic hydroxyl groups is 1. The van der Waals surface area contributed by atoms with Crippen LogP contribution in [-0.2, 0) is 0 Å². The zero-order valence-corrected chi connectivity index (χ0v) is 16.7. The lowest BCUT2D eigenvalue weighted by Gasteiger charge is -2.34. The number of rotatable bonds is 4. The molecule has 1 aliphatic rings. The van der Waals surface area contributed by atoms with Crippen molar-refractivity contribution in [3.8, 4) is 0 Å². The van der Waals surface area contributed by atoms with Gasteiger partial charge in [-0.1, -0.05) is 6.92 Å². The van der Waals surface area contributed by atoms with Gasteiger partial charge < -0.3 is 10.4 Å². The molecular weight excluding hydrogens is 390 g/mol. The van der Waals surface area contributed by atoms with E-state index in [1.807, 2.05) is 6.92 Å². The highest BCUT2D eigenvalue weighted by Crippen LogP contribution is 2.40. The van der Waals surface area contributed by atoms with Crippen LogP contribution in [-0.4, -0.2) is 41.3 Å². The Labute approximate surface area is 167 Å². The number of hydrogen-bond acceptors (Lipinski definition) is 3. The van der Waals surface area contributed by atoms with Gasteiger partial charge in [0.1, 0.15) is 5.82 Å². The van der Waals surface area contributed by atoms with E-state index in [2.05, 4.69) is 15.6 Å². The second-order valence-electron chi connectivity index (χ2n) is 8.20. The number of carbonyl (C=O) groups is 1. The maximum absolute atomic E-state index is 13.2. The summed E-state index contributed by atoms with van der Waals surface area (Å²) in [7, 11) is 0. The van der Waals surface area contributed by atoms with Crippen LogP contribution in [0.2, 0.25) is 0 Å². The Bertz CT molecular complexity index is 732. The molecule has 3 N–H and O–H groups in total. The summed E-state index contributed by atoms with van der Waals surface area (Å²) in [4.78, 5) is 16.9. The monoisotopic (exact) mass is 417 g/mol. The number of carbonyl (C=O) groups excluding carboxylic acids is 1. The molecule has 1 amide bonds. The van der Waals surface area contributed by atoms with Gasteiger partial charge in [0.25, 0.3) is 5.91 Å². The quantitative estimate of drug-likeness (QED) is 0.398. The highest BCUT2D eigenvalue weighted by molar-refractivity contribution is 6.05. The Balaban J connectivity index is 2.26. The summed E-state index contributed by atoms with van der Waals surface area (Å²) in [5, 5.41) is 14.9. The lowest BCUT2D eigenvalue weighted by molar-refractivity contribution is -0.185. The predicted molar refractivity (Wildman–Crippen MR) is 102 cm³/mol. The Morgan fingerprint density at radius 2 is 1.83 bits per heavy atom. The standard InChI is InChI=1S/C20H27F4N3O2/c1-12-4-7-14(20(22,23)24)10-16(12)25-18(27-19(2,3)11-28)26-17(29)13-5-8-15(21)9-6-13/h5-6,8-9,12,14,16,28H,4,7,10-11H2,1-3H3,(H2,25,26,27,29). The van der Waals surface area contributed by atoms with E-state index in [-0.39, 0.29) is 36.9 Å². The highest BCUT2D eigenvalue weighted by atomic mass is 19.4. The average Bonchev–Trinajstić information content (AvgIpc) is 2.62. The lowest BCUT2D eigenvalue weighted by atomic mass is 9.79. The normalized spacial score (nSPS) is 23.6. The molecule has 3 atom stereocenters. The van der Waals surface area contributed by atoms with Crippen LogP contribution in [0.1, 0.15) is 50.4 Å². The van der Waals surface area contributed by atoms with Crippen molar-refractivity contribution in [2.24, 2.45) is 16.8 Å². The third-order valence-corrected chi connectivity index (χ3v) is 5.10. The summed E-state index contributed by atoms with van der Waals surface area (Å²) in [6.45, 7) is 4.87. The molecule has 162 valence electrons. The molecule has 1 aromatic rings. The molecule has 29 heavy (non-hydrogen) atoms. The number of alkyl halides is 3. The number of aliphatic imine (C=N–C) groups is 1. The van der Waals surface area contributed by atoms with E-state index in [4.69, 9.17) is 0 Å². The van der Waals surface area contributed by atoms with Gasteiger partial charge in [-0.2, -0.15) is 13.2 Å². The smallest absolute Gasteiger partial charge is 0.391 e. The number of amides is 1. The summed E-state index contributed by atoms with van der Waals surface area (Å²) >= 11 is 0. The first kappa shape index (κ1) is 23.1. The maximum atomic E-state index is 13.2. The minimum absolute atomic E-state index is 0.0157. The second kappa shape index (κ2) is 9.11. The van der Waals surface area contributed by atoms with Crippen LogP contribution >= 0.6 is 0 Å². The van der Waals surface area contributed by atoms with Crippen molar-refractivity contribution in [1.29, 1.82) is 0 Å². The number of nitrogens with one attached hydrogen (secondary N) is 2. The van der Waals surface area contributed by atoms with Crippen molar-refractivity contribution >= 4 is 11.9 Å². The van der Waals surface area contributed by atoms with E-state index in [0.717, 1.165) is 12.1 Å². The fraction of sp³-hybridized carbons (Fsp3) is 0.600. The van der Waals surface area contributed by atoms with Gasteiger partial charge in [-0.25, -0.2) is 9.38 Å². The Morgan fingerprint density at radius 3 is 2.38 bits per heavy atom. The first-order valence-electron chi connectivity index (χ1n) is 9.52. The van der Waals surface area contributed by atoms with E-state index in [1.54, 1.807) is 13.8 Å². The second-order valence-corrected chi connectivity index (χ2v) is 8.20. The van der Waals surface area contributed by atoms with E-state index >= 15 is 0 Å². The Morgan fingerprint density at radius 1 is 1.21 bits per heavy atom. The fourth-order valence-electron chi connectivity index (χ4n) is 3.18. The number of nitrogens with zero attached hydrogens (tertiary/aromatic N) is 1. The van der Waals surface area contributed by atoms with Crippen molar-refractivity contribution in [3.05, 3.63) is 35.6 Å². The molecule has 3 unspecified atom stereocenters. The molecule has 1 aromatic carbocycles. The molecule has 1 saturated carbocycles. The van der Waals surface area contributed by atoms with E-state index in [1.165, 1.54) is 12.1 Å². The van der Waals surface area contributed by atoms with Gasteiger partial charge in [0.15, 0.2) is 5.96 Å². The number of aliphatic hydroxyl groups excluding tert-OH is 1. The van der Waals surface area contributed by atoms with Gasteiger partial charge in [0, 0.05) is 5.56 Å². The van der Waals surface area contributed by atoms with Crippen molar-refractivity contribution in [2.45, 2.75) is 57.8 Å². The van der Waals surface area contributed by atoms with Crippen LogP contribution in [0.4, 0.5) is 17.6 Å². The van der Waals surface area contributed by atoms with Crippen molar-refractivity contribution in [2.75, 3.05) is 6.61 Å². The van der Waals surface area contributed by atoms with Crippen LogP contribution in [0.3, 0.4) is 0 Å². The number of guanidine groups is 1. The third-order valence-electron chi connectivity index (χ3n) is 5.10. The molecule has 0 aliphatic heterocycles. The lowest BCUT2D eigenvalue weighted by Crippen LogP contribution is -2.53. The molecule has 0 aromatic heterocycles. The minimum atomic E-state index is -4.29. The number of halogens is 4. The largest absolute Gasteiger partial charge is 0.394 e.